The third kappa shape index (κ3) is 4.31. The summed E-state index contributed by atoms with van der Waals surface area (Å²) in [6, 6.07) is 12.3. The van der Waals surface area contributed by atoms with Gasteiger partial charge in [0.15, 0.2) is 0 Å². The number of aliphatic hydroxyl groups is 1. The number of halogens is 1. The molecule has 0 aliphatic carbocycles. The molecule has 2 amide bonds. The Balaban J connectivity index is 1.98. The third-order valence-electron chi connectivity index (χ3n) is 3.37. The van der Waals surface area contributed by atoms with Crippen molar-refractivity contribution < 1.29 is 14.7 Å². The van der Waals surface area contributed by atoms with Gasteiger partial charge in [0, 0.05) is 6.54 Å². The molecule has 3 N–H and O–H groups in total. The Bertz CT molecular complexity index is 732. The number of nitrogens with one attached hydrogen (secondary N) is 2. The maximum absolute atomic E-state index is 11.9. The molecule has 2 aromatic rings. The summed E-state index contributed by atoms with van der Waals surface area (Å²) < 4.78 is 0. The molecule has 2 rings (SSSR count). The maximum atomic E-state index is 11.9. The first-order chi connectivity index (χ1) is 11.0. The van der Waals surface area contributed by atoms with E-state index >= 15 is 0 Å². The van der Waals surface area contributed by atoms with Crippen molar-refractivity contribution >= 4 is 29.1 Å². The van der Waals surface area contributed by atoms with Crippen LogP contribution in [-0.2, 0) is 22.7 Å². The first-order valence-corrected chi connectivity index (χ1v) is 7.42. The molecule has 0 unspecified atom stereocenters. The van der Waals surface area contributed by atoms with Crippen LogP contribution in [0.1, 0.15) is 16.7 Å². The average Bonchev–Trinajstić information content (AvgIpc) is 2.57. The Hall–Kier alpha value is -2.37. The van der Waals surface area contributed by atoms with Gasteiger partial charge in [-0.2, -0.15) is 0 Å². The second-order valence-corrected chi connectivity index (χ2v) is 5.38. The number of rotatable bonds is 4. The molecule has 2 aromatic carbocycles. The molecule has 6 heteroatoms. The third-order valence-corrected chi connectivity index (χ3v) is 3.88. The van der Waals surface area contributed by atoms with E-state index in [1.54, 1.807) is 36.4 Å². The van der Waals surface area contributed by atoms with Crippen LogP contribution in [0.25, 0.3) is 0 Å². The van der Waals surface area contributed by atoms with Gasteiger partial charge >= 0.3 is 11.8 Å². The maximum Gasteiger partial charge on any atom is 0.313 e. The zero-order chi connectivity index (χ0) is 16.8. The van der Waals surface area contributed by atoms with E-state index < -0.39 is 11.8 Å². The molecule has 0 atom stereocenters. The lowest BCUT2D eigenvalue weighted by Gasteiger charge is -2.10. The van der Waals surface area contributed by atoms with Crippen molar-refractivity contribution in [3.05, 3.63) is 64.2 Å². The summed E-state index contributed by atoms with van der Waals surface area (Å²) in [5.41, 5.74) is 2.66. The van der Waals surface area contributed by atoms with Crippen LogP contribution in [0, 0.1) is 6.92 Å². The predicted octanol–water partition coefficient (Wildman–Crippen LogP) is 2.40. The average molecular weight is 333 g/mol. The van der Waals surface area contributed by atoms with E-state index in [0.717, 1.165) is 11.1 Å². The van der Waals surface area contributed by atoms with Gasteiger partial charge in [0.1, 0.15) is 0 Å². The van der Waals surface area contributed by atoms with Gasteiger partial charge in [0.05, 0.1) is 17.3 Å². The highest BCUT2D eigenvalue weighted by Crippen LogP contribution is 2.24. The summed E-state index contributed by atoms with van der Waals surface area (Å²) >= 11 is 6.08. The molecule has 0 heterocycles. The van der Waals surface area contributed by atoms with Crippen molar-refractivity contribution in [2.45, 2.75) is 20.1 Å². The van der Waals surface area contributed by atoms with Crippen molar-refractivity contribution in [3.8, 4) is 0 Å². The molecule has 120 valence electrons. The first kappa shape index (κ1) is 17.0. The molecular weight excluding hydrogens is 316 g/mol. The van der Waals surface area contributed by atoms with E-state index in [2.05, 4.69) is 10.6 Å². The molecule has 5 nitrogen and oxygen atoms in total. The summed E-state index contributed by atoms with van der Waals surface area (Å²) in [7, 11) is 0. The van der Waals surface area contributed by atoms with Gasteiger partial charge in [-0.15, -0.1) is 0 Å². The molecule has 0 aromatic heterocycles. The zero-order valence-corrected chi connectivity index (χ0v) is 13.4. The summed E-state index contributed by atoms with van der Waals surface area (Å²) in [5.74, 6) is -1.56. The lowest BCUT2D eigenvalue weighted by atomic mass is 10.1. The van der Waals surface area contributed by atoms with Crippen molar-refractivity contribution in [1.29, 1.82) is 0 Å². The molecule has 0 aliphatic heterocycles. The van der Waals surface area contributed by atoms with E-state index in [-0.39, 0.29) is 13.2 Å². The highest BCUT2D eigenvalue weighted by molar-refractivity contribution is 6.41. The zero-order valence-electron chi connectivity index (χ0n) is 12.6. The smallest absolute Gasteiger partial charge is 0.313 e. The minimum absolute atomic E-state index is 0.128. The number of aliphatic hydroxyl groups excluding tert-OH is 1. The monoisotopic (exact) mass is 332 g/mol. The van der Waals surface area contributed by atoms with Gasteiger partial charge in [0.25, 0.3) is 0 Å². The van der Waals surface area contributed by atoms with E-state index in [1.165, 1.54) is 0 Å². The molecule has 23 heavy (non-hydrogen) atoms. The number of amides is 2. The largest absolute Gasteiger partial charge is 0.392 e. The first-order valence-electron chi connectivity index (χ1n) is 7.05. The Morgan fingerprint density at radius 2 is 1.74 bits per heavy atom. The second kappa shape index (κ2) is 7.76. The number of hydrogen-bond donors (Lipinski definition) is 3. The number of hydrogen-bond acceptors (Lipinski definition) is 3. The van der Waals surface area contributed by atoms with Crippen LogP contribution < -0.4 is 10.6 Å². The van der Waals surface area contributed by atoms with Crippen molar-refractivity contribution in [2.24, 2.45) is 0 Å². The number of carbonyl (C=O) groups excluding carboxylic acids is 2. The summed E-state index contributed by atoms with van der Waals surface area (Å²) in [6.45, 7) is 1.84. The molecule has 0 bridgehead atoms. The van der Waals surface area contributed by atoms with Crippen LogP contribution in [0.3, 0.4) is 0 Å². The highest BCUT2D eigenvalue weighted by atomic mass is 35.5. The van der Waals surface area contributed by atoms with Crippen molar-refractivity contribution in [3.63, 3.8) is 0 Å². The quantitative estimate of drug-likeness (QED) is 0.752. The topological polar surface area (TPSA) is 78.4 Å². The van der Waals surface area contributed by atoms with Crippen molar-refractivity contribution in [1.82, 2.24) is 5.32 Å². The standard InChI is InChI=1S/C17H17ClN2O3/c1-11-5-4-8-14(15(11)18)20-17(23)16(22)19-9-12-6-2-3-7-13(12)10-21/h2-8,21H,9-10H2,1H3,(H,19,22)(H,20,23). The van der Waals surface area contributed by atoms with Crippen LogP contribution in [0.15, 0.2) is 42.5 Å². The number of aryl methyl sites for hydroxylation is 1. The summed E-state index contributed by atoms with van der Waals surface area (Å²) in [4.78, 5) is 23.8. The molecule has 0 fully saturated rings. The minimum Gasteiger partial charge on any atom is -0.392 e. The molecule has 0 saturated heterocycles. The Kier molecular flexibility index (Phi) is 5.73. The highest BCUT2D eigenvalue weighted by Gasteiger charge is 2.15. The Morgan fingerprint density at radius 1 is 1.04 bits per heavy atom. The van der Waals surface area contributed by atoms with Crippen LogP contribution in [0.4, 0.5) is 5.69 Å². The van der Waals surface area contributed by atoms with Gasteiger partial charge in [-0.1, -0.05) is 48.0 Å². The molecule has 0 saturated carbocycles. The van der Waals surface area contributed by atoms with Crippen LogP contribution >= 0.6 is 11.6 Å². The lowest BCUT2D eigenvalue weighted by molar-refractivity contribution is -0.136. The van der Waals surface area contributed by atoms with Gasteiger partial charge in [-0.25, -0.2) is 0 Å². The van der Waals surface area contributed by atoms with E-state index in [9.17, 15) is 14.7 Å². The fourth-order valence-electron chi connectivity index (χ4n) is 2.06. The number of benzene rings is 2. The fourth-order valence-corrected chi connectivity index (χ4v) is 2.24. The van der Waals surface area contributed by atoms with Crippen molar-refractivity contribution in [2.75, 3.05) is 5.32 Å². The number of anilines is 1. The summed E-state index contributed by atoms with van der Waals surface area (Å²) in [6.07, 6.45) is 0. The molecular formula is C17H17ClN2O3. The Morgan fingerprint density at radius 3 is 2.43 bits per heavy atom. The van der Waals surface area contributed by atoms with Gasteiger partial charge in [-0.05, 0) is 29.7 Å². The minimum atomic E-state index is -0.793. The summed E-state index contributed by atoms with van der Waals surface area (Å²) in [5, 5.41) is 14.6. The number of carbonyl (C=O) groups is 2. The second-order valence-electron chi connectivity index (χ2n) is 5.00. The van der Waals surface area contributed by atoms with E-state index in [4.69, 9.17) is 11.6 Å². The molecule has 0 spiro atoms. The fraction of sp³-hybridized carbons (Fsp3) is 0.176. The van der Waals surface area contributed by atoms with Crippen LogP contribution in [-0.4, -0.2) is 16.9 Å². The van der Waals surface area contributed by atoms with Gasteiger partial charge in [-0.3, -0.25) is 9.59 Å². The van der Waals surface area contributed by atoms with E-state index in [0.29, 0.717) is 16.3 Å². The normalized spacial score (nSPS) is 10.2. The lowest BCUT2D eigenvalue weighted by Crippen LogP contribution is -2.35. The van der Waals surface area contributed by atoms with E-state index in [1.807, 2.05) is 13.0 Å². The van der Waals surface area contributed by atoms with Gasteiger partial charge < -0.3 is 15.7 Å². The Labute approximate surface area is 139 Å². The van der Waals surface area contributed by atoms with Crippen LogP contribution in [0.5, 0.6) is 0 Å². The van der Waals surface area contributed by atoms with Gasteiger partial charge in [0.2, 0.25) is 0 Å². The SMILES string of the molecule is Cc1cccc(NC(=O)C(=O)NCc2ccccc2CO)c1Cl. The molecule has 0 aliphatic rings. The predicted molar refractivity (Wildman–Crippen MR) is 89.0 cm³/mol. The van der Waals surface area contributed by atoms with Crippen LogP contribution in [0.2, 0.25) is 5.02 Å². The molecule has 0 radical (unpaired) electrons.